The van der Waals surface area contributed by atoms with Crippen molar-refractivity contribution >= 4 is 27.6 Å². The van der Waals surface area contributed by atoms with E-state index >= 15 is 0 Å². The van der Waals surface area contributed by atoms with Gasteiger partial charge in [-0.3, -0.25) is 0 Å². The van der Waals surface area contributed by atoms with E-state index in [9.17, 15) is 13.2 Å². The predicted molar refractivity (Wildman–Crippen MR) is 84.6 cm³/mol. The van der Waals surface area contributed by atoms with E-state index in [1.54, 1.807) is 0 Å². The Labute approximate surface area is 136 Å². The molecular formula is C15H20ClNO4S. The molecule has 22 heavy (non-hydrogen) atoms. The average molecular weight is 346 g/mol. The number of hydrogen-bond acceptors (Lipinski definition) is 4. The number of piperidine rings is 1. The third-order valence-electron chi connectivity index (χ3n) is 3.98. The molecule has 1 aliphatic heterocycles. The second-order valence-electron chi connectivity index (χ2n) is 5.31. The highest BCUT2D eigenvalue weighted by Crippen LogP contribution is 2.31. The normalized spacial score (nSPS) is 19.9. The zero-order valence-corrected chi connectivity index (χ0v) is 14.3. The van der Waals surface area contributed by atoms with Crippen molar-refractivity contribution in [2.45, 2.75) is 43.5 Å². The van der Waals surface area contributed by atoms with Gasteiger partial charge in [0.1, 0.15) is 4.90 Å². The van der Waals surface area contributed by atoms with Crippen molar-refractivity contribution in [1.29, 1.82) is 0 Å². The number of hydrogen-bond donors (Lipinski definition) is 0. The summed E-state index contributed by atoms with van der Waals surface area (Å²) in [5.41, 5.74) is 0.176. The summed E-state index contributed by atoms with van der Waals surface area (Å²) in [6, 6.07) is 4.16. The minimum Gasteiger partial charge on any atom is -0.465 e. The smallest absolute Gasteiger partial charge is 0.337 e. The number of carbonyl (C=O) groups is 1. The van der Waals surface area contributed by atoms with E-state index in [1.165, 1.54) is 29.6 Å². The summed E-state index contributed by atoms with van der Waals surface area (Å²) in [6.07, 6.45) is 3.47. The molecule has 1 fully saturated rings. The highest BCUT2D eigenvalue weighted by atomic mass is 35.5. The van der Waals surface area contributed by atoms with E-state index in [-0.39, 0.29) is 21.5 Å². The third kappa shape index (κ3) is 3.29. The molecule has 1 heterocycles. The van der Waals surface area contributed by atoms with Crippen LogP contribution in [-0.4, -0.2) is 38.4 Å². The van der Waals surface area contributed by atoms with Crippen molar-refractivity contribution in [3.63, 3.8) is 0 Å². The van der Waals surface area contributed by atoms with Gasteiger partial charge in [-0.05, 0) is 37.5 Å². The molecule has 1 unspecified atom stereocenters. The van der Waals surface area contributed by atoms with E-state index < -0.39 is 16.0 Å². The fraction of sp³-hybridized carbons (Fsp3) is 0.533. The molecule has 0 radical (unpaired) electrons. The minimum absolute atomic E-state index is 0.0170. The van der Waals surface area contributed by atoms with Gasteiger partial charge in [0.05, 0.1) is 17.7 Å². The van der Waals surface area contributed by atoms with Gasteiger partial charge < -0.3 is 4.74 Å². The molecule has 2 rings (SSSR count). The number of carbonyl (C=O) groups excluding carboxylic acids is 1. The van der Waals surface area contributed by atoms with Crippen LogP contribution in [0.3, 0.4) is 0 Å². The van der Waals surface area contributed by atoms with Crippen molar-refractivity contribution in [2.75, 3.05) is 13.7 Å². The van der Waals surface area contributed by atoms with Crippen molar-refractivity contribution in [3.8, 4) is 0 Å². The van der Waals surface area contributed by atoms with Gasteiger partial charge in [-0.15, -0.1) is 0 Å². The molecule has 5 nitrogen and oxygen atoms in total. The largest absolute Gasteiger partial charge is 0.465 e. The van der Waals surface area contributed by atoms with Crippen LogP contribution in [-0.2, 0) is 14.8 Å². The topological polar surface area (TPSA) is 63.7 Å². The number of rotatable bonds is 4. The lowest BCUT2D eigenvalue weighted by molar-refractivity contribution is 0.0600. The van der Waals surface area contributed by atoms with Gasteiger partial charge in [0.25, 0.3) is 0 Å². The molecule has 1 aromatic carbocycles. The molecular weight excluding hydrogens is 326 g/mol. The van der Waals surface area contributed by atoms with Crippen LogP contribution in [0.5, 0.6) is 0 Å². The standard InChI is InChI=1S/C15H20ClNO4S/c1-3-12-6-4-5-9-17(12)22(19,20)14-10-11(15(18)21-2)7-8-13(14)16/h7-8,10,12H,3-6,9H2,1-2H3. The fourth-order valence-electron chi connectivity index (χ4n) is 2.77. The monoisotopic (exact) mass is 345 g/mol. The maximum atomic E-state index is 12.9. The maximum absolute atomic E-state index is 12.9. The number of methoxy groups -OCH3 is 1. The first kappa shape index (κ1) is 17.2. The molecule has 122 valence electrons. The Bertz CT molecular complexity index is 660. The number of esters is 1. The molecule has 0 amide bonds. The van der Waals surface area contributed by atoms with Gasteiger partial charge in [0, 0.05) is 12.6 Å². The molecule has 0 aromatic heterocycles. The van der Waals surface area contributed by atoms with E-state index in [4.69, 9.17) is 11.6 Å². The Morgan fingerprint density at radius 1 is 1.41 bits per heavy atom. The Balaban J connectivity index is 2.46. The van der Waals surface area contributed by atoms with Crippen molar-refractivity contribution < 1.29 is 17.9 Å². The lowest BCUT2D eigenvalue weighted by Crippen LogP contribution is -2.43. The first-order valence-electron chi connectivity index (χ1n) is 7.31. The van der Waals surface area contributed by atoms with Crippen LogP contribution in [0.15, 0.2) is 23.1 Å². The minimum atomic E-state index is -3.72. The highest BCUT2D eigenvalue weighted by molar-refractivity contribution is 7.89. The lowest BCUT2D eigenvalue weighted by Gasteiger charge is -2.34. The lowest BCUT2D eigenvalue weighted by atomic mass is 10.0. The van der Waals surface area contributed by atoms with Crippen LogP contribution in [0, 0.1) is 0 Å². The molecule has 0 saturated carbocycles. The van der Waals surface area contributed by atoms with Gasteiger partial charge in [-0.1, -0.05) is 24.9 Å². The van der Waals surface area contributed by atoms with Crippen LogP contribution in [0.25, 0.3) is 0 Å². The molecule has 1 saturated heterocycles. The predicted octanol–water partition coefficient (Wildman–Crippen LogP) is 3.08. The molecule has 0 spiro atoms. The molecule has 0 aliphatic carbocycles. The van der Waals surface area contributed by atoms with Gasteiger partial charge in [0.15, 0.2) is 0 Å². The van der Waals surface area contributed by atoms with Crippen LogP contribution in [0.1, 0.15) is 43.0 Å². The highest BCUT2D eigenvalue weighted by Gasteiger charge is 2.34. The Morgan fingerprint density at radius 3 is 2.77 bits per heavy atom. The van der Waals surface area contributed by atoms with Crippen LogP contribution in [0.4, 0.5) is 0 Å². The number of halogens is 1. The summed E-state index contributed by atoms with van der Waals surface area (Å²) in [4.78, 5) is 11.6. The third-order valence-corrected chi connectivity index (χ3v) is 6.42. The van der Waals surface area contributed by atoms with E-state index in [0.717, 1.165) is 25.7 Å². The average Bonchev–Trinajstić information content (AvgIpc) is 2.54. The van der Waals surface area contributed by atoms with Gasteiger partial charge in [0.2, 0.25) is 10.0 Å². The first-order valence-corrected chi connectivity index (χ1v) is 9.13. The Morgan fingerprint density at radius 2 is 2.14 bits per heavy atom. The molecule has 7 heteroatoms. The van der Waals surface area contributed by atoms with Crippen LogP contribution in [0.2, 0.25) is 5.02 Å². The SMILES string of the molecule is CCC1CCCCN1S(=O)(=O)c1cc(C(=O)OC)ccc1Cl. The van der Waals surface area contributed by atoms with Crippen molar-refractivity contribution in [3.05, 3.63) is 28.8 Å². The van der Waals surface area contributed by atoms with E-state index in [0.29, 0.717) is 6.54 Å². The summed E-state index contributed by atoms with van der Waals surface area (Å²) in [7, 11) is -2.47. The summed E-state index contributed by atoms with van der Waals surface area (Å²) < 4.78 is 32.0. The number of ether oxygens (including phenoxy) is 1. The van der Waals surface area contributed by atoms with Crippen molar-refractivity contribution in [2.24, 2.45) is 0 Å². The molecule has 0 bridgehead atoms. The van der Waals surface area contributed by atoms with Gasteiger partial charge in [-0.25, -0.2) is 13.2 Å². The quantitative estimate of drug-likeness (QED) is 0.787. The number of benzene rings is 1. The zero-order chi connectivity index (χ0) is 16.3. The molecule has 1 aromatic rings. The Hall–Kier alpha value is -1.11. The fourth-order valence-corrected chi connectivity index (χ4v) is 5.04. The van der Waals surface area contributed by atoms with Crippen LogP contribution < -0.4 is 0 Å². The van der Waals surface area contributed by atoms with Crippen LogP contribution >= 0.6 is 11.6 Å². The number of nitrogens with zero attached hydrogens (tertiary/aromatic N) is 1. The Kier molecular flexibility index (Phi) is 5.47. The zero-order valence-electron chi connectivity index (χ0n) is 12.7. The summed E-state index contributed by atoms with van der Waals surface area (Å²) in [5.74, 6) is -0.584. The van der Waals surface area contributed by atoms with Gasteiger partial charge >= 0.3 is 5.97 Å². The first-order chi connectivity index (χ1) is 10.4. The van der Waals surface area contributed by atoms with Gasteiger partial charge in [-0.2, -0.15) is 4.31 Å². The summed E-state index contributed by atoms with van der Waals surface area (Å²) in [6.45, 7) is 2.46. The molecule has 1 aliphatic rings. The maximum Gasteiger partial charge on any atom is 0.337 e. The van der Waals surface area contributed by atoms with Crippen molar-refractivity contribution in [1.82, 2.24) is 4.31 Å². The molecule has 0 N–H and O–H groups in total. The summed E-state index contributed by atoms with van der Waals surface area (Å²) >= 11 is 6.08. The summed E-state index contributed by atoms with van der Waals surface area (Å²) in [5, 5.41) is 0.119. The molecule has 1 atom stereocenters. The second kappa shape index (κ2) is 6.98. The van der Waals surface area contributed by atoms with E-state index in [1.807, 2.05) is 6.92 Å². The van der Waals surface area contributed by atoms with E-state index in [2.05, 4.69) is 4.74 Å². The number of sulfonamides is 1. The second-order valence-corrected chi connectivity index (χ2v) is 7.58.